The normalized spacial score (nSPS) is 18.9. The van der Waals surface area contributed by atoms with Crippen molar-refractivity contribution in [2.45, 2.75) is 38.3 Å². The number of nitrogens with one attached hydrogen (secondary N) is 1. The maximum atomic E-state index is 12.7. The molecular weight excluding hydrogens is 364 g/mol. The Morgan fingerprint density at radius 1 is 1.21 bits per heavy atom. The van der Waals surface area contributed by atoms with Gasteiger partial charge >= 0.3 is 0 Å². The second-order valence-electron chi connectivity index (χ2n) is 8.07. The Kier molecular flexibility index (Phi) is 6.45. The minimum atomic E-state index is -0.00937. The zero-order valence-electron chi connectivity index (χ0n) is 17.5. The maximum Gasteiger partial charge on any atom is 0.224 e. The molecule has 1 aliphatic heterocycles. The number of hydrogen-bond acceptors (Lipinski definition) is 6. The van der Waals surface area contributed by atoms with Crippen LogP contribution in [0, 0.1) is 11.3 Å². The number of rotatable bonds is 6. The number of benzene rings is 1. The molecule has 0 unspecified atom stereocenters. The van der Waals surface area contributed by atoms with Crippen molar-refractivity contribution in [1.29, 1.82) is 5.26 Å². The summed E-state index contributed by atoms with van der Waals surface area (Å²) >= 11 is 0. The fourth-order valence-corrected chi connectivity index (χ4v) is 3.66. The van der Waals surface area contributed by atoms with E-state index in [1.165, 1.54) is 5.56 Å². The van der Waals surface area contributed by atoms with E-state index in [0.717, 1.165) is 17.9 Å². The fourth-order valence-electron chi connectivity index (χ4n) is 3.66. The number of anilines is 1. The second kappa shape index (κ2) is 9.01. The summed E-state index contributed by atoms with van der Waals surface area (Å²) in [6.07, 6.45) is 0.367. The van der Waals surface area contributed by atoms with E-state index in [-0.39, 0.29) is 18.0 Å². The summed E-state index contributed by atoms with van der Waals surface area (Å²) in [4.78, 5) is 16.9. The van der Waals surface area contributed by atoms with Crippen molar-refractivity contribution >= 4 is 11.7 Å². The largest absolute Gasteiger partial charge is 0.351 e. The van der Waals surface area contributed by atoms with Gasteiger partial charge in [0.1, 0.15) is 6.07 Å². The number of aromatic nitrogens is 2. The average Bonchev–Trinajstić information content (AvgIpc) is 3.12. The van der Waals surface area contributed by atoms with E-state index in [9.17, 15) is 4.79 Å². The van der Waals surface area contributed by atoms with Crippen molar-refractivity contribution in [2.24, 2.45) is 0 Å². The molecule has 7 heteroatoms. The number of nitrogens with zero attached hydrogens (tertiary/aromatic N) is 5. The highest BCUT2D eigenvalue weighted by Gasteiger charge is 2.35. The molecule has 0 aliphatic carbocycles. The second-order valence-corrected chi connectivity index (χ2v) is 8.07. The van der Waals surface area contributed by atoms with Gasteiger partial charge in [-0.15, -0.1) is 10.2 Å². The average molecular weight is 393 g/mol. The molecule has 0 radical (unpaired) electrons. The molecule has 1 amide bonds. The van der Waals surface area contributed by atoms with Crippen LogP contribution in [-0.4, -0.2) is 60.3 Å². The van der Waals surface area contributed by atoms with E-state index in [2.05, 4.69) is 51.3 Å². The van der Waals surface area contributed by atoms with Crippen LogP contribution in [0.15, 0.2) is 36.4 Å². The summed E-state index contributed by atoms with van der Waals surface area (Å²) in [5, 5.41) is 20.2. The molecule has 2 heterocycles. The maximum absolute atomic E-state index is 12.7. The lowest BCUT2D eigenvalue weighted by atomic mass is 10.0. The van der Waals surface area contributed by atoms with Crippen molar-refractivity contribution in [3.05, 3.63) is 53.2 Å². The zero-order chi connectivity index (χ0) is 21.0. The number of amides is 1. The summed E-state index contributed by atoms with van der Waals surface area (Å²) in [5.74, 6) is 1.22. The van der Waals surface area contributed by atoms with E-state index in [4.69, 9.17) is 5.26 Å². The van der Waals surface area contributed by atoms with Crippen LogP contribution < -0.4 is 10.2 Å². The third-order valence-corrected chi connectivity index (χ3v) is 5.40. The molecule has 1 fully saturated rings. The number of carbonyl (C=O) groups is 1. The van der Waals surface area contributed by atoms with Crippen LogP contribution in [0.5, 0.6) is 0 Å². The van der Waals surface area contributed by atoms with Gasteiger partial charge in [0, 0.05) is 19.1 Å². The van der Waals surface area contributed by atoms with Crippen LogP contribution in [0.2, 0.25) is 0 Å². The van der Waals surface area contributed by atoms with Crippen molar-refractivity contribution in [3.63, 3.8) is 0 Å². The summed E-state index contributed by atoms with van der Waals surface area (Å²) in [5.41, 5.74) is 2.59. The van der Waals surface area contributed by atoms with Crippen molar-refractivity contribution in [2.75, 3.05) is 32.1 Å². The van der Waals surface area contributed by atoms with Gasteiger partial charge in [-0.1, -0.05) is 38.1 Å². The molecule has 152 valence electrons. The van der Waals surface area contributed by atoms with Crippen LogP contribution in [-0.2, 0) is 11.2 Å². The number of carbonyl (C=O) groups excluding carboxylic acids is 1. The third-order valence-electron chi connectivity index (χ3n) is 5.40. The van der Waals surface area contributed by atoms with Crippen molar-refractivity contribution in [3.8, 4) is 6.07 Å². The molecule has 2 atom stereocenters. The van der Waals surface area contributed by atoms with Crippen molar-refractivity contribution in [1.82, 2.24) is 20.4 Å². The van der Waals surface area contributed by atoms with E-state index in [1.54, 1.807) is 12.1 Å². The highest BCUT2D eigenvalue weighted by atomic mass is 16.1. The molecule has 3 rings (SSSR count). The Morgan fingerprint density at radius 3 is 2.48 bits per heavy atom. The summed E-state index contributed by atoms with van der Waals surface area (Å²) in [6, 6.07) is 13.9. The Labute approximate surface area is 172 Å². The van der Waals surface area contributed by atoms with Crippen LogP contribution in [0.25, 0.3) is 0 Å². The van der Waals surface area contributed by atoms with Crippen molar-refractivity contribution < 1.29 is 4.79 Å². The summed E-state index contributed by atoms with van der Waals surface area (Å²) < 4.78 is 0. The zero-order valence-corrected chi connectivity index (χ0v) is 17.5. The molecule has 7 nitrogen and oxygen atoms in total. The summed E-state index contributed by atoms with van der Waals surface area (Å²) in [7, 11) is 4.03. The molecule has 1 N–H and O–H groups in total. The molecule has 2 aromatic rings. The molecule has 0 bridgehead atoms. The summed E-state index contributed by atoms with van der Waals surface area (Å²) in [6.45, 7) is 5.71. The van der Waals surface area contributed by atoms with E-state index < -0.39 is 0 Å². The molecule has 0 saturated carbocycles. The standard InChI is InChI=1S/C22H28N6O/c1-15(2)17-7-5-16(6-8-17)11-22(29)24-19-13-28(14-20(19)27(3)4)21-10-9-18(12-23)25-26-21/h5-10,15,19-20H,11,13-14H2,1-4H3,(H,24,29)/t19-,20+/m0/s1. The van der Waals surface area contributed by atoms with Gasteiger partial charge in [-0.2, -0.15) is 5.26 Å². The van der Waals surface area contributed by atoms with E-state index in [0.29, 0.717) is 24.6 Å². The first kappa shape index (κ1) is 20.7. The number of nitriles is 1. The van der Waals surface area contributed by atoms with E-state index >= 15 is 0 Å². The molecule has 1 aliphatic rings. The third kappa shape index (κ3) is 5.09. The van der Waals surface area contributed by atoms with Crippen LogP contribution in [0.3, 0.4) is 0 Å². The minimum absolute atomic E-state index is 0.00937. The monoisotopic (exact) mass is 392 g/mol. The van der Waals surface area contributed by atoms with Gasteiger partial charge in [0.05, 0.1) is 12.5 Å². The van der Waals surface area contributed by atoms with Gasteiger partial charge in [0.2, 0.25) is 5.91 Å². The highest BCUT2D eigenvalue weighted by molar-refractivity contribution is 5.79. The first-order valence-corrected chi connectivity index (χ1v) is 9.90. The van der Waals surface area contributed by atoms with Crippen LogP contribution >= 0.6 is 0 Å². The predicted octanol–water partition coefficient (Wildman–Crippen LogP) is 1.95. The molecule has 0 spiro atoms. The number of hydrogen-bond donors (Lipinski definition) is 1. The Morgan fingerprint density at radius 2 is 1.93 bits per heavy atom. The molecular formula is C22H28N6O. The topological polar surface area (TPSA) is 85.2 Å². The van der Waals surface area contributed by atoms with Crippen LogP contribution in [0.1, 0.15) is 36.6 Å². The fraction of sp³-hybridized carbons (Fsp3) is 0.455. The van der Waals surface area contributed by atoms with Gasteiger partial charge in [0.25, 0.3) is 0 Å². The lowest BCUT2D eigenvalue weighted by Crippen LogP contribution is -2.49. The first-order valence-electron chi connectivity index (χ1n) is 9.90. The predicted molar refractivity (Wildman–Crippen MR) is 113 cm³/mol. The molecule has 1 aromatic heterocycles. The Bertz CT molecular complexity index is 870. The number of likely N-dealkylation sites (N-methyl/N-ethyl adjacent to an activating group) is 1. The van der Waals surface area contributed by atoms with Gasteiger partial charge < -0.3 is 15.1 Å². The lowest BCUT2D eigenvalue weighted by molar-refractivity contribution is -0.121. The van der Waals surface area contributed by atoms with Gasteiger partial charge in [0.15, 0.2) is 11.5 Å². The first-order chi connectivity index (χ1) is 13.9. The van der Waals surface area contributed by atoms with Gasteiger partial charge in [-0.05, 0) is 43.3 Å². The SMILES string of the molecule is CC(C)c1ccc(CC(=O)N[C@H]2CN(c3ccc(C#N)nn3)C[C@H]2N(C)C)cc1. The molecule has 29 heavy (non-hydrogen) atoms. The smallest absolute Gasteiger partial charge is 0.224 e. The van der Waals surface area contributed by atoms with Gasteiger partial charge in [-0.3, -0.25) is 4.79 Å². The minimum Gasteiger partial charge on any atom is -0.351 e. The Hall–Kier alpha value is -2.98. The van der Waals surface area contributed by atoms with E-state index in [1.807, 2.05) is 32.3 Å². The lowest BCUT2D eigenvalue weighted by Gasteiger charge is -2.25. The molecule has 1 aromatic carbocycles. The van der Waals surface area contributed by atoms with Gasteiger partial charge in [-0.25, -0.2) is 0 Å². The highest BCUT2D eigenvalue weighted by Crippen LogP contribution is 2.21. The molecule has 1 saturated heterocycles. The quantitative estimate of drug-likeness (QED) is 0.809. The Balaban J connectivity index is 1.64. The van der Waals surface area contributed by atoms with Crippen LogP contribution in [0.4, 0.5) is 5.82 Å².